The number of amides is 1. The van der Waals surface area contributed by atoms with Crippen LogP contribution in [0.15, 0.2) is 58.6 Å². The maximum absolute atomic E-state index is 12.7. The smallest absolute Gasteiger partial charge is 0.279 e. The number of fused-ring (bicyclic) bond motifs is 1. The van der Waals surface area contributed by atoms with Crippen molar-refractivity contribution in [3.05, 3.63) is 59.8 Å². The molecule has 0 atom stereocenters. The first-order valence-corrected chi connectivity index (χ1v) is 11.8. The van der Waals surface area contributed by atoms with E-state index in [4.69, 9.17) is 15.2 Å². The van der Waals surface area contributed by atoms with Gasteiger partial charge in [0.2, 0.25) is 0 Å². The number of benzene rings is 2. The summed E-state index contributed by atoms with van der Waals surface area (Å²) in [6, 6.07) is 9.41. The standard InChI is InChI=1S/C23H27N3O5S/c1-5-32(28,29)17-8-6-16(7-9-17)30-19-12-15(22(27)26-21(24)10-11-25-4)13-20-18(19)14-23(2,3)31-20/h6-13,25H,5,14H2,1-4H3,(H2,24,26,27)/b11-10-. The molecule has 2 aromatic rings. The molecule has 32 heavy (non-hydrogen) atoms. The molecule has 1 heterocycles. The second kappa shape index (κ2) is 9.04. The quantitative estimate of drug-likeness (QED) is 0.484. The molecule has 8 nitrogen and oxygen atoms in total. The van der Waals surface area contributed by atoms with E-state index in [-0.39, 0.29) is 22.0 Å². The third-order valence-electron chi connectivity index (χ3n) is 4.85. The Bertz CT molecular complexity index is 1180. The van der Waals surface area contributed by atoms with E-state index in [1.165, 1.54) is 18.2 Å². The lowest BCUT2D eigenvalue weighted by molar-refractivity contribution is 0.100. The maximum Gasteiger partial charge on any atom is 0.279 e. The summed E-state index contributed by atoms with van der Waals surface area (Å²) in [6.07, 6.45) is 3.64. The van der Waals surface area contributed by atoms with Crippen LogP contribution in [0.1, 0.15) is 36.7 Å². The van der Waals surface area contributed by atoms with Gasteiger partial charge < -0.3 is 20.5 Å². The van der Waals surface area contributed by atoms with Crippen molar-refractivity contribution in [1.82, 2.24) is 5.32 Å². The van der Waals surface area contributed by atoms with Crippen LogP contribution in [0.2, 0.25) is 0 Å². The first-order chi connectivity index (χ1) is 15.0. The fourth-order valence-electron chi connectivity index (χ4n) is 3.26. The second-order valence-electron chi connectivity index (χ2n) is 7.93. The second-order valence-corrected chi connectivity index (χ2v) is 10.2. The average Bonchev–Trinajstić information content (AvgIpc) is 3.06. The van der Waals surface area contributed by atoms with Crippen LogP contribution in [-0.2, 0) is 16.3 Å². The van der Waals surface area contributed by atoms with Crippen LogP contribution >= 0.6 is 0 Å². The number of hydrogen-bond acceptors (Lipinski definition) is 6. The summed E-state index contributed by atoms with van der Waals surface area (Å²) in [4.78, 5) is 16.8. The predicted molar refractivity (Wildman–Crippen MR) is 123 cm³/mol. The summed E-state index contributed by atoms with van der Waals surface area (Å²) in [5, 5.41) is 2.78. The number of nitrogens with one attached hydrogen (secondary N) is 1. The van der Waals surface area contributed by atoms with Gasteiger partial charge in [-0.15, -0.1) is 0 Å². The van der Waals surface area contributed by atoms with Crippen LogP contribution in [0.5, 0.6) is 17.2 Å². The van der Waals surface area contributed by atoms with Crippen molar-refractivity contribution in [2.75, 3.05) is 12.8 Å². The van der Waals surface area contributed by atoms with E-state index in [9.17, 15) is 13.2 Å². The van der Waals surface area contributed by atoms with Crippen molar-refractivity contribution < 1.29 is 22.7 Å². The van der Waals surface area contributed by atoms with Gasteiger partial charge in [0.15, 0.2) is 9.84 Å². The lowest BCUT2D eigenvalue weighted by atomic mass is 9.99. The van der Waals surface area contributed by atoms with E-state index in [0.29, 0.717) is 23.7 Å². The molecule has 0 saturated carbocycles. The number of aliphatic imine (C=N–C) groups is 1. The third kappa shape index (κ3) is 5.28. The van der Waals surface area contributed by atoms with E-state index >= 15 is 0 Å². The van der Waals surface area contributed by atoms with E-state index < -0.39 is 21.3 Å². The van der Waals surface area contributed by atoms with Crippen LogP contribution in [0, 0.1) is 0 Å². The Balaban J connectivity index is 1.97. The van der Waals surface area contributed by atoms with E-state index in [0.717, 1.165) is 5.56 Å². The molecule has 1 aliphatic heterocycles. The zero-order valence-electron chi connectivity index (χ0n) is 18.5. The number of sulfone groups is 1. The van der Waals surface area contributed by atoms with Gasteiger partial charge in [-0.2, -0.15) is 4.99 Å². The van der Waals surface area contributed by atoms with Crippen LogP contribution in [0.4, 0.5) is 0 Å². The zero-order valence-corrected chi connectivity index (χ0v) is 19.3. The molecule has 0 radical (unpaired) electrons. The van der Waals surface area contributed by atoms with Crippen LogP contribution in [-0.4, -0.2) is 38.6 Å². The Morgan fingerprint density at radius 3 is 2.59 bits per heavy atom. The normalized spacial score (nSPS) is 15.3. The number of amidine groups is 1. The first kappa shape index (κ1) is 23.3. The molecule has 0 unspecified atom stereocenters. The molecule has 3 rings (SSSR count). The van der Waals surface area contributed by atoms with Gasteiger partial charge in [-0.1, -0.05) is 6.92 Å². The SMILES string of the molecule is CCS(=O)(=O)c1ccc(Oc2cc(C(=O)N=C(N)/C=C\NC)cc3c2CC(C)(C)O3)cc1. The molecule has 1 aliphatic rings. The molecule has 170 valence electrons. The molecule has 0 aromatic heterocycles. The zero-order chi connectivity index (χ0) is 23.5. The first-order valence-electron chi connectivity index (χ1n) is 10.1. The molecule has 0 aliphatic carbocycles. The van der Waals surface area contributed by atoms with E-state index in [1.807, 2.05) is 13.8 Å². The van der Waals surface area contributed by atoms with Crippen molar-refractivity contribution in [1.29, 1.82) is 0 Å². The summed E-state index contributed by atoms with van der Waals surface area (Å²) < 4.78 is 36.1. The number of nitrogens with zero attached hydrogens (tertiary/aromatic N) is 1. The summed E-state index contributed by atoms with van der Waals surface area (Å²) in [7, 11) is -1.60. The fraction of sp³-hybridized carbons (Fsp3) is 0.304. The Morgan fingerprint density at radius 2 is 1.97 bits per heavy atom. The van der Waals surface area contributed by atoms with Gasteiger partial charge in [-0.05, 0) is 62.5 Å². The van der Waals surface area contributed by atoms with Crippen molar-refractivity contribution in [2.24, 2.45) is 10.7 Å². The highest BCUT2D eigenvalue weighted by atomic mass is 32.2. The van der Waals surface area contributed by atoms with Gasteiger partial charge >= 0.3 is 0 Å². The maximum atomic E-state index is 12.7. The largest absolute Gasteiger partial charge is 0.487 e. The highest BCUT2D eigenvalue weighted by molar-refractivity contribution is 7.91. The number of rotatable bonds is 7. The Hall–Kier alpha value is -3.33. The minimum Gasteiger partial charge on any atom is -0.487 e. The molecular formula is C23H27N3O5S. The minimum absolute atomic E-state index is 0.0183. The topological polar surface area (TPSA) is 120 Å². The van der Waals surface area contributed by atoms with Crippen molar-refractivity contribution >= 4 is 21.6 Å². The van der Waals surface area contributed by atoms with Crippen molar-refractivity contribution in [3.8, 4) is 17.2 Å². The summed E-state index contributed by atoms with van der Waals surface area (Å²) >= 11 is 0. The molecule has 0 bridgehead atoms. The Kier molecular flexibility index (Phi) is 6.59. The Morgan fingerprint density at radius 1 is 1.28 bits per heavy atom. The molecule has 1 amide bonds. The monoisotopic (exact) mass is 457 g/mol. The molecule has 3 N–H and O–H groups in total. The van der Waals surface area contributed by atoms with E-state index in [1.54, 1.807) is 44.4 Å². The third-order valence-corrected chi connectivity index (χ3v) is 6.60. The van der Waals surface area contributed by atoms with Crippen LogP contribution in [0.25, 0.3) is 0 Å². The number of nitrogens with two attached hydrogens (primary N) is 1. The fourth-order valence-corrected chi connectivity index (χ4v) is 4.14. The highest BCUT2D eigenvalue weighted by Crippen LogP contribution is 2.43. The highest BCUT2D eigenvalue weighted by Gasteiger charge is 2.34. The number of carbonyl (C=O) groups is 1. The van der Waals surface area contributed by atoms with Gasteiger partial charge in [0, 0.05) is 24.6 Å². The van der Waals surface area contributed by atoms with Crippen LogP contribution < -0.4 is 20.5 Å². The lowest BCUT2D eigenvalue weighted by Gasteiger charge is -2.16. The Labute approximate surface area is 188 Å². The number of ether oxygens (including phenoxy) is 2. The van der Waals surface area contributed by atoms with Gasteiger partial charge in [0.1, 0.15) is 28.7 Å². The molecule has 9 heteroatoms. The average molecular weight is 458 g/mol. The molecule has 0 fully saturated rings. The summed E-state index contributed by atoms with van der Waals surface area (Å²) in [5.74, 6) is 0.971. The molecular weight excluding hydrogens is 430 g/mol. The summed E-state index contributed by atoms with van der Waals surface area (Å²) in [6.45, 7) is 5.49. The van der Waals surface area contributed by atoms with Crippen molar-refractivity contribution in [2.45, 2.75) is 37.7 Å². The molecule has 0 saturated heterocycles. The van der Waals surface area contributed by atoms with Gasteiger partial charge in [0.25, 0.3) is 5.91 Å². The van der Waals surface area contributed by atoms with E-state index in [2.05, 4.69) is 10.3 Å². The van der Waals surface area contributed by atoms with Crippen LogP contribution in [0.3, 0.4) is 0 Å². The van der Waals surface area contributed by atoms with Gasteiger partial charge in [-0.3, -0.25) is 4.79 Å². The van der Waals surface area contributed by atoms with Gasteiger partial charge in [-0.25, -0.2) is 8.42 Å². The lowest BCUT2D eigenvalue weighted by Crippen LogP contribution is -2.24. The summed E-state index contributed by atoms with van der Waals surface area (Å²) in [5.41, 5.74) is 6.40. The molecule has 2 aromatic carbocycles. The van der Waals surface area contributed by atoms with Gasteiger partial charge in [0.05, 0.1) is 10.6 Å². The predicted octanol–water partition coefficient (Wildman–Crippen LogP) is 3.22. The van der Waals surface area contributed by atoms with Crippen molar-refractivity contribution in [3.63, 3.8) is 0 Å². The number of hydrogen-bond donors (Lipinski definition) is 2. The minimum atomic E-state index is -3.31. The molecule has 0 spiro atoms. The number of carbonyl (C=O) groups excluding carboxylic acids is 1.